The van der Waals surface area contributed by atoms with Gasteiger partial charge in [-0.3, -0.25) is 4.79 Å². The summed E-state index contributed by atoms with van der Waals surface area (Å²) in [6, 6.07) is 0. The molecular formula is C12H16N2O3S2. The number of thioether (sulfide) groups is 2. The van der Waals surface area contributed by atoms with Crippen molar-refractivity contribution < 1.29 is 9.53 Å². The van der Waals surface area contributed by atoms with E-state index in [-0.39, 0.29) is 17.4 Å². The second-order valence-electron chi connectivity index (χ2n) is 4.10. The van der Waals surface area contributed by atoms with Gasteiger partial charge in [0.05, 0.1) is 11.9 Å². The molecule has 1 aliphatic rings. The van der Waals surface area contributed by atoms with Crippen LogP contribution >= 0.6 is 23.5 Å². The molecule has 1 N–H and O–H groups in total. The van der Waals surface area contributed by atoms with Crippen molar-refractivity contribution in [3.05, 3.63) is 27.9 Å². The van der Waals surface area contributed by atoms with Gasteiger partial charge in [0, 0.05) is 23.0 Å². The Balaban J connectivity index is 2.23. The number of nitrogens with one attached hydrogen (secondary N) is 1. The molecule has 2 unspecified atom stereocenters. The number of aromatic amines is 1. The number of carbonyl (C=O) groups is 1. The van der Waals surface area contributed by atoms with E-state index in [1.54, 1.807) is 18.7 Å². The number of hydrogen-bond acceptors (Lipinski definition) is 6. The van der Waals surface area contributed by atoms with Crippen LogP contribution in [0, 0.1) is 0 Å². The van der Waals surface area contributed by atoms with Crippen LogP contribution in [0.3, 0.4) is 0 Å². The highest BCUT2D eigenvalue weighted by Gasteiger charge is 2.26. The lowest BCUT2D eigenvalue weighted by Crippen LogP contribution is -2.25. The molecule has 0 radical (unpaired) electrons. The molecule has 2 heterocycles. The van der Waals surface area contributed by atoms with Crippen LogP contribution in [0.5, 0.6) is 0 Å². The van der Waals surface area contributed by atoms with Gasteiger partial charge in [-0.1, -0.05) is 6.92 Å². The maximum Gasteiger partial charge on any atom is 0.345 e. The predicted octanol–water partition coefficient (Wildman–Crippen LogP) is 1.86. The Morgan fingerprint density at radius 1 is 1.53 bits per heavy atom. The summed E-state index contributed by atoms with van der Waals surface area (Å²) in [6.45, 7) is 4.07. The normalized spacial score (nSPS) is 23.1. The highest BCUT2D eigenvalue weighted by atomic mass is 32.2. The van der Waals surface area contributed by atoms with Crippen LogP contribution in [0.4, 0.5) is 0 Å². The summed E-state index contributed by atoms with van der Waals surface area (Å²) in [6.07, 6.45) is 1.32. The summed E-state index contributed by atoms with van der Waals surface area (Å²) in [4.78, 5) is 30.4. The third-order valence-electron chi connectivity index (χ3n) is 2.77. The lowest BCUT2D eigenvalue weighted by Gasteiger charge is -2.26. The molecule has 0 aliphatic carbocycles. The zero-order valence-corrected chi connectivity index (χ0v) is 12.5. The molecule has 19 heavy (non-hydrogen) atoms. The summed E-state index contributed by atoms with van der Waals surface area (Å²) in [5, 5.41) is 0.568. The molecule has 1 saturated heterocycles. The van der Waals surface area contributed by atoms with Gasteiger partial charge in [-0.15, -0.1) is 11.8 Å². The molecule has 0 aromatic carbocycles. The first kappa shape index (κ1) is 14.5. The third-order valence-corrected chi connectivity index (χ3v) is 5.87. The second-order valence-corrected chi connectivity index (χ2v) is 6.83. The first-order valence-corrected chi connectivity index (χ1v) is 8.22. The molecule has 0 bridgehead atoms. The molecule has 2 atom stereocenters. The Morgan fingerprint density at radius 2 is 2.26 bits per heavy atom. The average molecular weight is 300 g/mol. The minimum Gasteiger partial charge on any atom is -0.462 e. The topological polar surface area (TPSA) is 72.0 Å². The molecule has 1 aromatic rings. The summed E-state index contributed by atoms with van der Waals surface area (Å²) in [5.41, 5.74) is -0.460. The van der Waals surface area contributed by atoms with Crippen LogP contribution < -0.4 is 5.56 Å². The average Bonchev–Trinajstić information content (AvgIpc) is 2.39. The van der Waals surface area contributed by atoms with Crippen molar-refractivity contribution in [1.29, 1.82) is 0 Å². The molecule has 2 rings (SSSR count). The number of nitrogens with zero attached hydrogens (tertiary/aromatic N) is 1. The summed E-state index contributed by atoms with van der Waals surface area (Å²) >= 11 is 3.66. The number of H-pyrrole nitrogens is 1. The van der Waals surface area contributed by atoms with Gasteiger partial charge in [-0.05, 0) is 6.92 Å². The molecular weight excluding hydrogens is 284 g/mol. The van der Waals surface area contributed by atoms with E-state index >= 15 is 0 Å². The maximum absolute atomic E-state index is 11.9. The van der Waals surface area contributed by atoms with E-state index in [1.807, 2.05) is 11.8 Å². The Labute approximate surface area is 119 Å². The van der Waals surface area contributed by atoms with E-state index in [1.165, 1.54) is 6.20 Å². The van der Waals surface area contributed by atoms with Crippen LogP contribution in [0.2, 0.25) is 0 Å². The minimum atomic E-state index is -0.624. The summed E-state index contributed by atoms with van der Waals surface area (Å²) < 4.78 is 4.81. The summed E-state index contributed by atoms with van der Waals surface area (Å²) in [7, 11) is 0. The Kier molecular flexibility index (Phi) is 4.93. The van der Waals surface area contributed by atoms with Gasteiger partial charge in [0.1, 0.15) is 11.4 Å². The summed E-state index contributed by atoms with van der Waals surface area (Å²) in [5.74, 6) is 2.18. The predicted molar refractivity (Wildman–Crippen MR) is 77.9 cm³/mol. The van der Waals surface area contributed by atoms with Crippen molar-refractivity contribution in [2.45, 2.75) is 24.3 Å². The van der Waals surface area contributed by atoms with Crippen molar-refractivity contribution in [3.63, 3.8) is 0 Å². The SMILES string of the molecule is CCOC(=O)c1cnc(C2SCCSC2C)[nH]c1=O. The van der Waals surface area contributed by atoms with Crippen LogP contribution in [0.25, 0.3) is 0 Å². The van der Waals surface area contributed by atoms with Crippen molar-refractivity contribution >= 4 is 29.5 Å². The maximum atomic E-state index is 11.9. The van der Waals surface area contributed by atoms with E-state index in [4.69, 9.17) is 4.74 Å². The lowest BCUT2D eigenvalue weighted by atomic mass is 10.3. The van der Waals surface area contributed by atoms with E-state index in [0.717, 1.165) is 11.5 Å². The molecule has 0 amide bonds. The van der Waals surface area contributed by atoms with Crippen LogP contribution in [-0.2, 0) is 4.74 Å². The second kappa shape index (κ2) is 6.47. The number of carbonyl (C=O) groups excluding carboxylic acids is 1. The fourth-order valence-electron chi connectivity index (χ4n) is 1.84. The van der Waals surface area contributed by atoms with Crippen LogP contribution in [0.1, 0.15) is 35.3 Å². The molecule has 0 spiro atoms. The van der Waals surface area contributed by atoms with Crippen molar-refractivity contribution in [2.75, 3.05) is 18.1 Å². The number of esters is 1. The Bertz CT molecular complexity index is 518. The standard InChI is InChI=1S/C12H16N2O3S2/c1-3-17-12(16)8-6-13-10(14-11(8)15)9-7(2)18-4-5-19-9/h6-7,9H,3-5H2,1-2H3,(H,13,14,15). The van der Waals surface area contributed by atoms with Gasteiger partial charge in [0.25, 0.3) is 5.56 Å². The number of rotatable bonds is 3. The van der Waals surface area contributed by atoms with Crippen LogP contribution in [-0.4, -0.2) is 39.3 Å². The molecule has 5 nitrogen and oxygen atoms in total. The highest BCUT2D eigenvalue weighted by molar-refractivity contribution is 8.06. The van der Waals surface area contributed by atoms with Gasteiger partial charge >= 0.3 is 5.97 Å². The lowest BCUT2D eigenvalue weighted by molar-refractivity contribution is 0.0523. The smallest absolute Gasteiger partial charge is 0.345 e. The fraction of sp³-hybridized carbons (Fsp3) is 0.583. The van der Waals surface area contributed by atoms with Crippen LogP contribution in [0.15, 0.2) is 11.0 Å². The van der Waals surface area contributed by atoms with E-state index in [0.29, 0.717) is 11.1 Å². The quantitative estimate of drug-likeness (QED) is 0.859. The highest BCUT2D eigenvalue weighted by Crippen LogP contribution is 2.40. The van der Waals surface area contributed by atoms with E-state index in [9.17, 15) is 9.59 Å². The molecule has 104 valence electrons. The fourth-order valence-corrected chi connectivity index (χ4v) is 4.56. The van der Waals surface area contributed by atoms with E-state index in [2.05, 4.69) is 16.9 Å². The first-order valence-electron chi connectivity index (χ1n) is 6.13. The number of hydrogen-bond donors (Lipinski definition) is 1. The third kappa shape index (κ3) is 3.33. The Morgan fingerprint density at radius 3 is 2.89 bits per heavy atom. The Hall–Kier alpha value is -0.950. The first-order chi connectivity index (χ1) is 9.13. The molecule has 1 aromatic heterocycles. The molecule has 1 aliphatic heterocycles. The molecule has 7 heteroatoms. The van der Waals surface area contributed by atoms with Gasteiger partial charge < -0.3 is 9.72 Å². The van der Waals surface area contributed by atoms with Crippen molar-refractivity contribution in [1.82, 2.24) is 9.97 Å². The van der Waals surface area contributed by atoms with Crippen molar-refractivity contribution in [3.8, 4) is 0 Å². The van der Waals surface area contributed by atoms with Gasteiger partial charge in [0.2, 0.25) is 0 Å². The minimum absolute atomic E-state index is 0.0354. The van der Waals surface area contributed by atoms with Gasteiger partial charge in [-0.25, -0.2) is 9.78 Å². The number of aromatic nitrogens is 2. The molecule has 1 fully saturated rings. The monoisotopic (exact) mass is 300 g/mol. The number of ether oxygens (including phenoxy) is 1. The van der Waals surface area contributed by atoms with E-state index < -0.39 is 11.5 Å². The largest absolute Gasteiger partial charge is 0.462 e. The van der Waals surface area contributed by atoms with Gasteiger partial charge in [0.15, 0.2) is 0 Å². The van der Waals surface area contributed by atoms with Gasteiger partial charge in [-0.2, -0.15) is 11.8 Å². The zero-order chi connectivity index (χ0) is 13.8. The zero-order valence-electron chi connectivity index (χ0n) is 10.8. The van der Waals surface area contributed by atoms with Crippen molar-refractivity contribution in [2.24, 2.45) is 0 Å². The molecule has 0 saturated carbocycles.